The molecular weight excluding hydrogens is 485 g/mol. The molecule has 2 fully saturated rings. The molecule has 0 aliphatic carbocycles. The number of hydrogen-bond donors (Lipinski definition) is 2. The second-order valence-electron chi connectivity index (χ2n) is 8.87. The van der Waals surface area contributed by atoms with Gasteiger partial charge in [-0.25, -0.2) is 0 Å². The molecule has 182 valence electrons. The zero-order valence-corrected chi connectivity index (χ0v) is 21.0. The molecule has 3 aromatic rings. The second kappa shape index (κ2) is 10.6. The van der Waals surface area contributed by atoms with Crippen molar-refractivity contribution in [2.75, 3.05) is 45.3 Å². The van der Waals surface area contributed by atoms with Crippen LogP contribution >= 0.6 is 23.2 Å². The van der Waals surface area contributed by atoms with Crippen molar-refractivity contribution in [3.63, 3.8) is 0 Å². The van der Waals surface area contributed by atoms with Gasteiger partial charge in [0.05, 0.1) is 59.0 Å². The molecule has 0 saturated carbocycles. The number of benzene rings is 2. The molecule has 2 aliphatic heterocycles. The van der Waals surface area contributed by atoms with Crippen LogP contribution in [0.25, 0.3) is 10.9 Å². The summed E-state index contributed by atoms with van der Waals surface area (Å²) in [4.78, 5) is 7.07. The number of nitrogens with one attached hydrogen (secondary N) is 2. The minimum absolute atomic E-state index is 0.417. The fourth-order valence-corrected chi connectivity index (χ4v) is 5.43. The minimum atomic E-state index is 0.417. The molecule has 2 unspecified atom stereocenters. The monoisotopic (exact) mass is 511 g/mol. The van der Waals surface area contributed by atoms with Crippen molar-refractivity contribution in [2.24, 2.45) is 0 Å². The Kier molecular flexibility index (Phi) is 7.28. The Morgan fingerprint density at radius 2 is 2.00 bits per heavy atom. The number of rotatable bonds is 5. The molecule has 2 aliphatic rings. The molecule has 9 heteroatoms. The highest BCUT2D eigenvalue weighted by Crippen LogP contribution is 2.38. The Bertz CT molecular complexity index is 1260. The Hall–Kier alpha value is -2.60. The smallest absolute Gasteiger partial charge is 0.139 e. The van der Waals surface area contributed by atoms with Crippen LogP contribution in [-0.4, -0.2) is 56.0 Å². The van der Waals surface area contributed by atoms with E-state index in [-0.39, 0.29) is 0 Å². The van der Waals surface area contributed by atoms with Crippen molar-refractivity contribution in [1.82, 2.24) is 15.2 Å². The first kappa shape index (κ1) is 24.1. The fourth-order valence-electron chi connectivity index (χ4n) is 4.93. The number of piperidine rings is 1. The number of hydrogen-bond acceptors (Lipinski definition) is 7. The summed E-state index contributed by atoms with van der Waals surface area (Å²) in [5, 5.41) is 18.5. The third kappa shape index (κ3) is 5.04. The van der Waals surface area contributed by atoms with E-state index in [0.717, 1.165) is 56.6 Å². The van der Waals surface area contributed by atoms with Crippen LogP contribution in [0.4, 0.5) is 11.4 Å². The van der Waals surface area contributed by atoms with Crippen LogP contribution in [-0.2, 0) is 4.74 Å². The zero-order chi connectivity index (χ0) is 24.4. The third-order valence-corrected chi connectivity index (χ3v) is 7.47. The van der Waals surface area contributed by atoms with Crippen molar-refractivity contribution in [3.8, 4) is 11.8 Å². The molecular formula is C26H27Cl2N5O2. The number of nitriles is 1. The van der Waals surface area contributed by atoms with E-state index in [2.05, 4.69) is 38.7 Å². The molecule has 0 spiro atoms. The van der Waals surface area contributed by atoms with Crippen LogP contribution < -0.4 is 15.4 Å². The molecule has 35 heavy (non-hydrogen) atoms. The number of halogens is 2. The molecule has 2 saturated heterocycles. The van der Waals surface area contributed by atoms with Gasteiger partial charge in [0.15, 0.2) is 0 Å². The fraction of sp³-hybridized carbons (Fsp3) is 0.385. The zero-order valence-electron chi connectivity index (χ0n) is 19.5. The largest absolute Gasteiger partial charge is 0.495 e. The molecule has 2 N–H and O–H groups in total. The average molecular weight is 512 g/mol. The predicted octanol–water partition coefficient (Wildman–Crippen LogP) is 5.29. The molecule has 3 heterocycles. The molecule has 2 aromatic carbocycles. The van der Waals surface area contributed by atoms with Crippen molar-refractivity contribution in [3.05, 3.63) is 57.7 Å². The van der Waals surface area contributed by atoms with E-state index >= 15 is 0 Å². The van der Waals surface area contributed by atoms with Crippen molar-refractivity contribution < 1.29 is 9.47 Å². The molecule has 0 radical (unpaired) electrons. The van der Waals surface area contributed by atoms with Gasteiger partial charge in [0, 0.05) is 37.3 Å². The lowest BCUT2D eigenvalue weighted by molar-refractivity contribution is 0.00115. The highest BCUT2D eigenvalue weighted by atomic mass is 35.5. The topological polar surface area (TPSA) is 82.4 Å². The molecule has 2 atom stereocenters. The number of methoxy groups -OCH3 is 1. The van der Waals surface area contributed by atoms with Crippen molar-refractivity contribution in [2.45, 2.75) is 24.9 Å². The first-order valence-electron chi connectivity index (χ1n) is 11.8. The van der Waals surface area contributed by atoms with Gasteiger partial charge in [-0.15, -0.1) is 0 Å². The Labute approximate surface area is 214 Å². The Balaban J connectivity index is 1.40. The standard InChI is InChI=1S/C26H27Cl2N5O2/c1-34-24-12-23(20(27)11-21(24)28)32-26-18(13-29)15-30-22-10-16(2-4-19(22)26)17-3-5-25(31-14-17)33-6-8-35-9-7-33/h2,4,10-12,15,17,25,31H,3,5-9,14H2,1H3,(H,30,32). The van der Waals surface area contributed by atoms with Gasteiger partial charge in [-0.1, -0.05) is 35.3 Å². The molecule has 7 nitrogen and oxygen atoms in total. The highest BCUT2D eigenvalue weighted by molar-refractivity contribution is 6.37. The van der Waals surface area contributed by atoms with Crippen molar-refractivity contribution in [1.29, 1.82) is 5.26 Å². The first-order valence-corrected chi connectivity index (χ1v) is 12.5. The maximum absolute atomic E-state index is 9.73. The SMILES string of the molecule is COc1cc(Nc2c(C#N)cnc3cc(C4CCC(N5CCOCC5)NC4)ccc23)c(Cl)cc1Cl. The summed E-state index contributed by atoms with van der Waals surface area (Å²) < 4.78 is 10.8. The maximum Gasteiger partial charge on any atom is 0.139 e. The quantitative estimate of drug-likeness (QED) is 0.481. The van der Waals surface area contributed by atoms with E-state index in [4.69, 9.17) is 32.7 Å². The van der Waals surface area contributed by atoms with Crippen LogP contribution in [0.2, 0.25) is 10.0 Å². The van der Waals surface area contributed by atoms with Gasteiger partial charge >= 0.3 is 0 Å². The summed E-state index contributed by atoms with van der Waals surface area (Å²) in [5.74, 6) is 0.915. The number of pyridine rings is 1. The van der Waals surface area contributed by atoms with Gasteiger partial charge in [-0.05, 0) is 36.5 Å². The number of ether oxygens (including phenoxy) is 2. The first-order chi connectivity index (χ1) is 17.1. The van der Waals surface area contributed by atoms with E-state index < -0.39 is 0 Å². The Morgan fingerprint density at radius 3 is 2.71 bits per heavy atom. The number of anilines is 2. The number of aromatic nitrogens is 1. The van der Waals surface area contributed by atoms with E-state index in [9.17, 15) is 5.26 Å². The van der Waals surface area contributed by atoms with Crippen molar-refractivity contribution >= 4 is 45.5 Å². The molecule has 5 rings (SSSR count). The van der Waals surface area contributed by atoms with E-state index in [1.807, 2.05) is 6.07 Å². The lowest BCUT2D eigenvalue weighted by atomic mass is 9.89. The second-order valence-corrected chi connectivity index (χ2v) is 9.69. The van der Waals surface area contributed by atoms with Crippen LogP contribution in [0.5, 0.6) is 5.75 Å². The van der Waals surface area contributed by atoms with Gasteiger partial charge in [0.1, 0.15) is 11.8 Å². The summed E-state index contributed by atoms with van der Waals surface area (Å²) in [6.07, 6.45) is 4.24. The van der Waals surface area contributed by atoms with Crippen LogP contribution in [0.1, 0.15) is 29.9 Å². The highest BCUT2D eigenvalue weighted by Gasteiger charge is 2.27. The lowest BCUT2D eigenvalue weighted by Crippen LogP contribution is -2.53. The summed E-state index contributed by atoms with van der Waals surface area (Å²) >= 11 is 12.6. The third-order valence-electron chi connectivity index (χ3n) is 6.86. The predicted molar refractivity (Wildman–Crippen MR) is 139 cm³/mol. The Morgan fingerprint density at radius 1 is 1.17 bits per heavy atom. The van der Waals surface area contributed by atoms with E-state index in [0.29, 0.717) is 44.8 Å². The van der Waals surface area contributed by atoms with E-state index in [1.54, 1.807) is 25.4 Å². The van der Waals surface area contributed by atoms with Crippen LogP contribution in [0, 0.1) is 11.3 Å². The van der Waals surface area contributed by atoms with E-state index in [1.165, 1.54) is 5.56 Å². The number of nitrogens with zero attached hydrogens (tertiary/aromatic N) is 3. The van der Waals surface area contributed by atoms with Gasteiger partial charge in [-0.3, -0.25) is 9.88 Å². The summed E-state index contributed by atoms with van der Waals surface area (Å²) in [6, 6.07) is 11.9. The lowest BCUT2D eigenvalue weighted by Gasteiger charge is -2.39. The average Bonchev–Trinajstić information content (AvgIpc) is 2.90. The van der Waals surface area contributed by atoms with Gasteiger partial charge in [0.25, 0.3) is 0 Å². The van der Waals surface area contributed by atoms with Gasteiger partial charge < -0.3 is 20.1 Å². The maximum atomic E-state index is 9.73. The normalized spacial score (nSPS) is 21.0. The van der Waals surface area contributed by atoms with Gasteiger partial charge in [0.2, 0.25) is 0 Å². The summed E-state index contributed by atoms with van der Waals surface area (Å²) in [6.45, 7) is 4.53. The molecule has 0 amide bonds. The summed E-state index contributed by atoms with van der Waals surface area (Å²) in [7, 11) is 1.55. The van der Waals surface area contributed by atoms with Gasteiger partial charge in [-0.2, -0.15) is 5.26 Å². The molecule has 1 aromatic heterocycles. The van der Waals surface area contributed by atoms with Crippen LogP contribution in [0.3, 0.4) is 0 Å². The van der Waals surface area contributed by atoms with Crippen LogP contribution in [0.15, 0.2) is 36.5 Å². The minimum Gasteiger partial charge on any atom is -0.495 e. The summed E-state index contributed by atoms with van der Waals surface area (Å²) in [5.41, 5.74) is 3.77. The number of fused-ring (bicyclic) bond motifs is 1. The molecule has 0 bridgehead atoms. The number of morpholine rings is 1.